The summed E-state index contributed by atoms with van der Waals surface area (Å²) in [6.07, 6.45) is 0. The Balaban J connectivity index is 2.28. The molecule has 2 rings (SSSR count). The minimum atomic E-state index is -0.245. The van der Waals surface area contributed by atoms with Crippen LogP contribution in [0.5, 0.6) is 0 Å². The lowest BCUT2D eigenvalue weighted by molar-refractivity contribution is 0.102. The molecule has 0 fully saturated rings. The van der Waals surface area contributed by atoms with Gasteiger partial charge in [0.1, 0.15) is 11.1 Å². The number of halogens is 1. The molecule has 0 bridgehead atoms. The zero-order chi connectivity index (χ0) is 15.6. The van der Waals surface area contributed by atoms with Gasteiger partial charge in [0.25, 0.3) is 5.91 Å². The molecular formula is C16H15ClN2OS. The van der Waals surface area contributed by atoms with Gasteiger partial charge >= 0.3 is 0 Å². The van der Waals surface area contributed by atoms with Crippen molar-refractivity contribution in [3.63, 3.8) is 0 Å². The number of anilines is 1. The first kappa shape index (κ1) is 15.6. The normalized spacial score (nSPS) is 11.0. The van der Waals surface area contributed by atoms with Crippen LogP contribution in [0, 0.1) is 11.3 Å². The quantitative estimate of drug-likeness (QED) is 0.862. The molecule has 0 aliphatic carbocycles. The van der Waals surface area contributed by atoms with Crippen LogP contribution in [0.1, 0.15) is 42.3 Å². The molecule has 1 aromatic carbocycles. The number of thiophene rings is 1. The number of nitrogens with one attached hydrogen (secondary N) is 1. The molecule has 1 amide bonds. The average molecular weight is 319 g/mol. The number of carbonyl (C=O) groups excluding carboxylic acids is 1. The summed E-state index contributed by atoms with van der Waals surface area (Å²) in [4.78, 5) is 12.2. The lowest BCUT2D eigenvalue weighted by atomic mass is 9.86. The van der Waals surface area contributed by atoms with E-state index < -0.39 is 0 Å². The van der Waals surface area contributed by atoms with Gasteiger partial charge in [-0.05, 0) is 40.6 Å². The number of amides is 1. The summed E-state index contributed by atoms with van der Waals surface area (Å²) in [5.41, 5.74) is 1.86. The highest BCUT2D eigenvalue weighted by atomic mass is 35.5. The number of benzene rings is 1. The number of nitrogens with zero attached hydrogens (tertiary/aromatic N) is 1. The molecule has 0 atom stereocenters. The molecule has 0 spiro atoms. The van der Waals surface area contributed by atoms with Gasteiger partial charge in [-0.2, -0.15) is 5.26 Å². The Bertz CT molecular complexity index is 705. The van der Waals surface area contributed by atoms with Crippen LogP contribution in [-0.2, 0) is 5.41 Å². The van der Waals surface area contributed by atoms with Gasteiger partial charge < -0.3 is 5.32 Å². The second-order valence-electron chi connectivity index (χ2n) is 5.68. The van der Waals surface area contributed by atoms with Crippen molar-refractivity contribution in [1.29, 1.82) is 5.26 Å². The molecule has 0 aliphatic heterocycles. The fourth-order valence-electron chi connectivity index (χ4n) is 1.89. The minimum Gasteiger partial charge on any atom is -0.312 e. The van der Waals surface area contributed by atoms with E-state index in [1.807, 2.05) is 26.2 Å². The first-order valence-corrected chi connectivity index (χ1v) is 7.67. The van der Waals surface area contributed by atoms with Crippen molar-refractivity contribution in [1.82, 2.24) is 0 Å². The molecule has 3 nitrogen and oxygen atoms in total. The van der Waals surface area contributed by atoms with E-state index in [0.29, 0.717) is 21.2 Å². The Hall–Kier alpha value is -1.83. The summed E-state index contributed by atoms with van der Waals surface area (Å²) >= 11 is 7.18. The Labute approximate surface area is 133 Å². The summed E-state index contributed by atoms with van der Waals surface area (Å²) in [5.74, 6) is -0.245. The molecule has 0 saturated carbocycles. The summed E-state index contributed by atoms with van der Waals surface area (Å²) in [6.45, 7) is 6.13. The standard InChI is InChI=1S/C16H15ClN2OS/c1-16(2,3)13-9-21-15(12(13)8-18)19-14(20)10-4-6-11(17)7-5-10/h4-7,9H,1-3H3,(H,19,20). The van der Waals surface area contributed by atoms with Gasteiger partial charge in [-0.25, -0.2) is 0 Å². The van der Waals surface area contributed by atoms with E-state index in [1.165, 1.54) is 11.3 Å². The molecule has 21 heavy (non-hydrogen) atoms. The first-order valence-electron chi connectivity index (χ1n) is 6.42. The van der Waals surface area contributed by atoms with E-state index in [1.54, 1.807) is 24.3 Å². The lowest BCUT2D eigenvalue weighted by Gasteiger charge is -2.17. The van der Waals surface area contributed by atoms with Gasteiger partial charge in [0, 0.05) is 10.6 Å². The van der Waals surface area contributed by atoms with E-state index in [9.17, 15) is 10.1 Å². The fraction of sp³-hybridized carbons (Fsp3) is 0.250. The Morgan fingerprint density at radius 3 is 2.43 bits per heavy atom. The molecule has 1 heterocycles. The third-order valence-electron chi connectivity index (χ3n) is 3.04. The fourth-order valence-corrected chi connectivity index (χ4v) is 3.15. The molecule has 0 aliphatic rings. The zero-order valence-electron chi connectivity index (χ0n) is 12.0. The molecule has 2 aromatic rings. The van der Waals surface area contributed by atoms with Gasteiger partial charge in [-0.15, -0.1) is 11.3 Å². The third kappa shape index (κ3) is 3.44. The largest absolute Gasteiger partial charge is 0.312 e. The van der Waals surface area contributed by atoms with Crippen molar-refractivity contribution in [2.24, 2.45) is 0 Å². The third-order valence-corrected chi connectivity index (χ3v) is 4.19. The maximum Gasteiger partial charge on any atom is 0.256 e. The van der Waals surface area contributed by atoms with Crippen LogP contribution in [0.4, 0.5) is 5.00 Å². The maximum atomic E-state index is 12.2. The number of rotatable bonds is 2. The van der Waals surface area contributed by atoms with Crippen LogP contribution in [0.3, 0.4) is 0 Å². The van der Waals surface area contributed by atoms with E-state index in [0.717, 1.165) is 5.56 Å². The van der Waals surface area contributed by atoms with Crippen molar-refractivity contribution in [2.45, 2.75) is 26.2 Å². The van der Waals surface area contributed by atoms with E-state index in [-0.39, 0.29) is 11.3 Å². The highest BCUT2D eigenvalue weighted by Gasteiger charge is 2.23. The van der Waals surface area contributed by atoms with Gasteiger partial charge in [-0.3, -0.25) is 4.79 Å². The van der Waals surface area contributed by atoms with Gasteiger partial charge in [0.15, 0.2) is 0 Å². The average Bonchev–Trinajstić information content (AvgIpc) is 2.82. The Kier molecular flexibility index (Phi) is 4.36. The first-order chi connectivity index (χ1) is 9.82. The van der Waals surface area contributed by atoms with Crippen molar-refractivity contribution in [2.75, 3.05) is 5.32 Å². The zero-order valence-corrected chi connectivity index (χ0v) is 13.6. The van der Waals surface area contributed by atoms with Crippen molar-refractivity contribution >= 4 is 33.8 Å². The van der Waals surface area contributed by atoms with Crippen LogP contribution in [-0.4, -0.2) is 5.91 Å². The molecule has 5 heteroatoms. The molecule has 0 saturated heterocycles. The monoisotopic (exact) mass is 318 g/mol. The van der Waals surface area contributed by atoms with Crippen LogP contribution in [0.2, 0.25) is 5.02 Å². The van der Waals surface area contributed by atoms with Crippen molar-refractivity contribution in [3.05, 3.63) is 51.4 Å². The molecule has 0 radical (unpaired) electrons. The smallest absolute Gasteiger partial charge is 0.256 e. The molecule has 1 aromatic heterocycles. The van der Waals surface area contributed by atoms with Crippen LogP contribution in [0.25, 0.3) is 0 Å². The summed E-state index contributed by atoms with van der Waals surface area (Å²) < 4.78 is 0. The highest BCUT2D eigenvalue weighted by molar-refractivity contribution is 7.14. The number of carbonyl (C=O) groups is 1. The van der Waals surface area contributed by atoms with Crippen molar-refractivity contribution < 1.29 is 4.79 Å². The predicted octanol–water partition coefficient (Wildman–Crippen LogP) is 4.82. The van der Waals surface area contributed by atoms with Gasteiger partial charge in [0.05, 0.1) is 5.56 Å². The highest BCUT2D eigenvalue weighted by Crippen LogP contribution is 2.35. The van der Waals surface area contributed by atoms with Gasteiger partial charge in [0.2, 0.25) is 0 Å². The van der Waals surface area contributed by atoms with Gasteiger partial charge in [-0.1, -0.05) is 32.4 Å². The summed E-state index contributed by atoms with van der Waals surface area (Å²) in [5, 5.41) is 15.3. The summed E-state index contributed by atoms with van der Waals surface area (Å²) in [6, 6.07) is 8.83. The second kappa shape index (κ2) is 5.88. The maximum absolute atomic E-state index is 12.2. The lowest BCUT2D eigenvalue weighted by Crippen LogP contribution is -2.14. The topological polar surface area (TPSA) is 52.9 Å². The minimum absolute atomic E-state index is 0.134. The molecule has 1 N–H and O–H groups in total. The van der Waals surface area contributed by atoms with Crippen LogP contribution >= 0.6 is 22.9 Å². The van der Waals surface area contributed by atoms with E-state index in [4.69, 9.17) is 11.6 Å². The van der Waals surface area contributed by atoms with E-state index >= 15 is 0 Å². The number of nitriles is 1. The second-order valence-corrected chi connectivity index (χ2v) is 6.99. The predicted molar refractivity (Wildman–Crippen MR) is 87.1 cm³/mol. The SMILES string of the molecule is CC(C)(C)c1csc(NC(=O)c2ccc(Cl)cc2)c1C#N. The molecule has 108 valence electrons. The molecule has 0 unspecified atom stereocenters. The number of hydrogen-bond donors (Lipinski definition) is 1. The van der Waals surface area contributed by atoms with Crippen LogP contribution in [0.15, 0.2) is 29.6 Å². The molecular weight excluding hydrogens is 304 g/mol. The Morgan fingerprint density at radius 1 is 1.29 bits per heavy atom. The number of hydrogen-bond acceptors (Lipinski definition) is 3. The van der Waals surface area contributed by atoms with Crippen molar-refractivity contribution in [3.8, 4) is 6.07 Å². The van der Waals surface area contributed by atoms with Crippen LogP contribution < -0.4 is 5.32 Å². The van der Waals surface area contributed by atoms with E-state index in [2.05, 4.69) is 11.4 Å². The Morgan fingerprint density at radius 2 is 1.90 bits per heavy atom. The summed E-state index contributed by atoms with van der Waals surface area (Å²) in [7, 11) is 0.